The van der Waals surface area contributed by atoms with Gasteiger partial charge in [0.2, 0.25) is 0 Å². The summed E-state index contributed by atoms with van der Waals surface area (Å²) in [6.45, 7) is 3.95. The summed E-state index contributed by atoms with van der Waals surface area (Å²) in [5.41, 5.74) is 6.60. The highest BCUT2D eigenvalue weighted by molar-refractivity contribution is 7.14. The van der Waals surface area contributed by atoms with Crippen LogP contribution in [-0.4, -0.2) is 65.2 Å². The molecule has 0 unspecified atom stereocenters. The van der Waals surface area contributed by atoms with Gasteiger partial charge in [0, 0.05) is 74.1 Å². The van der Waals surface area contributed by atoms with Crippen molar-refractivity contribution in [1.29, 1.82) is 0 Å². The van der Waals surface area contributed by atoms with Gasteiger partial charge in [0.15, 0.2) is 0 Å². The van der Waals surface area contributed by atoms with Gasteiger partial charge in [-0.2, -0.15) is 0 Å². The zero-order valence-electron chi connectivity index (χ0n) is 25.8. The minimum Gasteiger partial charge on any atom is -0.392 e. The summed E-state index contributed by atoms with van der Waals surface area (Å²) in [7, 11) is 3.80. The van der Waals surface area contributed by atoms with Gasteiger partial charge in [-0.3, -0.25) is 14.6 Å². The number of aliphatic hydroxyl groups excluding tert-OH is 1. The molecular formula is C35H38FN5O3S. The maximum Gasteiger partial charge on any atom is 0.268 e. The van der Waals surface area contributed by atoms with Gasteiger partial charge in [-0.1, -0.05) is 0 Å². The Labute approximate surface area is 266 Å². The molecule has 5 heterocycles. The summed E-state index contributed by atoms with van der Waals surface area (Å²) in [4.78, 5) is 40.0. The van der Waals surface area contributed by atoms with Gasteiger partial charge in [0.05, 0.1) is 29.1 Å². The molecule has 2 aliphatic heterocycles. The SMILES string of the molecule is CN1CCN(c2ccc(Cc3cc(-c4cc(F)cc(N5CCc6c(sc7c6CCCC7)C5=O)c4CO)cn(C)c3=O)nc2)CC1. The Morgan fingerprint density at radius 1 is 0.956 bits per heavy atom. The zero-order chi connectivity index (χ0) is 31.2. The lowest BCUT2D eigenvalue weighted by Gasteiger charge is -2.33. The number of pyridine rings is 2. The Hall–Kier alpha value is -3.86. The average molecular weight is 628 g/mol. The molecule has 4 aromatic rings. The second kappa shape index (κ2) is 12.2. The van der Waals surface area contributed by atoms with Gasteiger partial charge in [-0.05, 0) is 91.7 Å². The molecule has 1 fully saturated rings. The monoisotopic (exact) mass is 627 g/mol. The van der Waals surface area contributed by atoms with Crippen LogP contribution in [0.25, 0.3) is 11.1 Å². The number of thiophene rings is 1. The second-order valence-electron chi connectivity index (χ2n) is 12.5. The second-order valence-corrected chi connectivity index (χ2v) is 13.6. The van der Waals surface area contributed by atoms with Crippen molar-refractivity contribution < 1.29 is 14.3 Å². The zero-order valence-corrected chi connectivity index (χ0v) is 26.6. The highest BCUT2D eigenvalue weighted by atomic mass is 32.1. The number of rotatable bonds is 6. The van der Waals surface area contributed by atoms with E-state index in [9.17, 15) is 14.7 Å². The van der Waals surface area contributed by atoms with Crippen LogP contribution >= 0.6 is 11.3 Å². The molecule has 1 saturated heterocycles. The molecule has 1 aromatic carbocycles. The number of amides is 1. The van der Waals surface area contributed by atoms with Gasteiger partial charge in [0.1, 0.15) is 5.82 Å². The van der Waals surface area contributed by atoms with Gasteiger partial charge < -0.3 is 24.4 Å². The molecule has 3 aliphatic rings. The first-order chi connectivity index (χ1) is 21.8. The number of hydrogen-bond acceptors (Lipinski definition) is 7. The largest absolute Gasteiger partial charge is 0.392 e. The van der Waals surface area contributed by atoms with E-state index < -0.39 is 5.82 Å². The van der Waals surface area contributed by atoms with Crippen LogP contribution in [0.4, 0.5) is 15.8 Å². The van der Waals surface area contributed by atoms with E-state index in [2.05, 4.69) is 27.9 Å². The highest BCUT2D eigenvalue weighted by Gasteiger charge is 2.33. The van der Waals surface area contributed by atoms with Crippen LogP contribution in [0.1, 0.15) is 55.3 Å². The topological polar surface area (TPSA) is 81.9 Å². The maximum absolute atomic E-state index is 15.3. The fraction of sp³-hybridized carbons (Fsp3) is 0.400. The smallest absolute Gasteiger partial charge is 0.268 e. The molecule has 7 rings (SSSR count). The lowest BCUT2D eigenvalue weighted by atomic mass is 9.91. The van der Waals surface area contributed by atoms with Crippen LogP contribution in [0.2, 0.25) is 0 Å². The number of piperazine rings is 1. The van der Waals surface area contributed by atoms with E-state index in [1.807, 2.05) is 12.3 Å². The number of carbonyl (C=O) groups is 1. The minimum absolute atomic E-state index is 0.130. The quantitative estimate of drug-likeness (QED) is 0.338. The molecule has 8 nitrogen and oxygen atoms in total. The fourth-order valence-electron chi connectivity index (χ4n) is 7.06. The van der Waals surface area contributed by atoms with Crippen LogP contribution in [0.15, 0.2) is 47.5 Å². The standard InChI is InChI=1S/C35H38FN5O3S/c1-38-11-13-40(14-12-38)26-8-7-25(37-19-26)16-22-15-23(20-39(2)34(22)43)29-17-24(36)18-31(30(29)21-42)41-10-9-28-27-5-3-4-6-32(27)45-33(28)35(41)44/h7-8,15,17-20,42H,3-6,9-14,16,21H2,1-2H3. The van der Waals surface area contributed by atoms with Crippen molar-refractivity contribution in [3.8, 4) is 11.1 Å². The van der Waals surface area contributed by atoms with Crippen LogP contribution in [0.3, 0.4) is 0 Å². The summed E-state index contributed by atoms with van der Waals surface area (Å²) in [6, 6.07) is 8.50. The third kappa shape index (κ3) is 5.60. The molecule has 0 atom stereocenters. The molecular weight excluding hydrogens is 589 g/mol. The fourth-order valence-corrected chi connectivity index (χ4v) is 8.44. The van der Waals surface area contributed by atoms with Crippen LogP contribution in [0.5, 0.6) is 0 Å². The molecule has 0 saturated carbocycles. The van der Waals surface area contributed by atoms with Gasteiger partial charge in [-0.15, -0.1) is 11.3 Å². The average Bonchev–Trinajstić information content (AvgIpc) is 3.43. The number of fused-ring (bicyclic) bond motifs is 3. The first kappa shape index (κ1) is 29.8. The molecule has 1 amide bonds. The predicted molar refractivity (Wildman–Crippen MR) is 176 cm³/mol. The van der Waals surface area contributed by atoms with Crippen LogP contribution in [-0.2, 0) is 39.3 Å². The third-order valence-corrected chi connectivity index (χ3v) is 10.9. The van der Waals surface area contributed by atoms with Crippen molar-refractivity contribution >= 4 is 28.6 Å². The summed E-state index contributed by atoms with van der Waals surface area (Å²) in [5, 5.41) is 10.6. The Kier molecular flexibility index (Phi) is 8.05. The molecule has 45 heavy (non-hydrogen) atoms. The number of hydrogen-bond donors (Lipinski definition) is 1. The lowest BCUT2D eigenvalue weighted by Crippen LogP contribution is -2.44. The van der Waals surface area contributed by atoms with E-state index in [0.29, 0.717) is 47.3 Å². The Morgan fingerprint density at radius 3 is 2.51 bits per heavy atom. The molecule has 10 heteroatoms. The molecule has 1 aliphatic carbocycles. The number of anilines is 2. The Bertz CT molecular complexity index is 1820. The number of aryl methyl sites for hydroxylation is 2. The van der Waals surface area contributed by atoms with Crippen LogP contribution < -0.4 is 15.4 Å². The van der Waals surface area contributed by atoms with Crippen molar-refractivity contribution in [3.63, 3.8) is 0 Å². The molecule has 3 aromatic heterocycles. The molecule has 1 N–H and O–H groups in total. The summed E-state index contributed by atoms with van der Waals surface area (Å²) in [6.07, 6.45) is 8.88. The lowest BCUT2D eigenvalue weighted by molar-refractivity contribution is 0.0984. The van der Waals surface area contributed by atoms with E-state index >= 15 is 4.39 Å². The number of nitrogens with zero attached hydrogens (tertiary/aromatic N) is 5. The van der Waals surface area contributed by atoms with Crippen molar-refractivity contribution in [2.24, 2.45) is 7.05 Å². The first-order valence-corrected chi connectivity index (χ1v) is 16.6. The predicted octanol–water partition coefficient (Wildman–Crippen LogP) is 4.56. The van der Waals surface area contributed by atoms with Gasteiger partial charge in [-0.25, -0.2) is 4.39 Å². The van der Waals surface area contributed by atoms with Crippen molar-refractivity contribution in [2.75, 3.05) is 49.6 Å². The number of aromatic nitrogens is 2. The number of likely N-dealkylation sites (N-methyl/N-ethyl adjacent to an activating group) is 1. The number of halogens is 1. The van der Waals surface area contributed by atoms with Gasteiger partial charge >= 0.3 is 0 Å². The normalized spacial score (nSPS) is 17.0. The summed E-state index contributed by atoms with van der Waals surface area (Å²) < 4.78 is 16.8. The van der Waals surface area contributed by atoms with E-state index in [4.69, 9.17) is 0 Å². The van der Waals surface area contributed by atoms with Crippen LogP contribution in [0, 0.1) is 5.82 Å². The number of carbonyl (C=O) groups excluding carboxylic acids is 1. The van der Waals surface area contributed by atoms with Gasteiger partial charge in [0.25, 0.3) is 11.5 Å². The first-order valence-electron chi connectivity index (χ1n) is 15.8. The van der Waals surface area contributed by atoms with E-state index in [1.54, 1.807) is 35.5 Å². The van der Waals surface area contributed by atoms with Crippen molar-refractivity contribution in [1.82, 2.24) is 14.5 Å². The molecule has 0 bridgehead atoms. The Morgan fingerprint density at radius 2 is 1.76 bits per heavy atom. The Balaban J connectivity index is 1.20. The van der Waals surface area contributed by atoms with E-state index in [1.165, 1.54) is 27.1 Å². The molecule has 234 valence electrons. The number of benzene rings is 1. The maximum atomic E-state index is 15.3. The third-order valence-electron chi connectivity index (χ3n) is 9.56. The molecule has 0 spiro atoms. The summed E-state index contributed by atoms with van der Waals surface area (Å²) in [5.74, 6) is -0.632. The molecule has 0 radical (unpaired) electrons. The summed E-state index contributed by atoms with van der Waals surface area (Å²) >= 11 is 1.58. The minimum atomic E-state index is -0.502. The highest BCUT2D eigenvalue weighted by Crippen LogP contribution is 2.41. The van der Waals surface area contributed by atoms with Crippen molar-refractivity contribution in [3.05, 3.63) is 96.6 Å². The van der Waals surface area contributed by atoms with E-state index in [0.717, 1.165) is 73.7 Å². The van der Waals surface area contributed by atoms with E-state index in [-0.39, 0.29) is 18.1 Å². The van der Waals surface area contributed by atoms with Crippen molar-refractivity contribution in [2.45, 2.75) is 45.1 Å². The number of aliphatic hydroxyl groups is 1.